The van der Waals surface area contributed by atoms with E-state index in [9.17, 15) is 4.79 Å². The zero-order valence-electron chi connectivity index (χ0n) is 14.4. The third-order valence-corrected chi connectivity index (χ3v) is 6.56. The Kier molecular flexibility index (Phi) is 3.48. The van der Waals surface area contributed by atoms with Gasteiger partial charge in [0, 0.05) is 38.0 Å². The van der Waals surface area contributed by atoms with Crippen LogP contribution in [0.3, 0.4) is 0 Å². The molecule has 2 saturated carbocycles. The third kappa shape index (κ3) is 2.27. The maximum atomic E-state index is 12.7. The fourth-order valence-electron chi connectivity index (χ4n) is 5.58. The van der Waals surface area contributed by atoms with Gasteiger partial charge in [-0.3, -0.25) is 0 Å². The monoisotopic (exact) mass is 340 g/mol. The highest BCUT2D eigenvalue weighted by atomic mass is 16.5. The molecule has 2 bridgehead atoms. The second-order valence-electron chi connectivity index (χ2n) is 7.69. The summed E-state index contributed by atoms with van der Waals surface area (Å²) >= 11 is 0. The molecule has 3 heterocycles. The summed E-state index contributed by atoms with van der Waals surface area (Å²) in [5.74, 6) is 1.99. The molecule has 2 amide bonds. The van der Waals surface area contributed by atoms with Crippen LogP contribution in [0.15, 0.2) is 24.5 Å². The van der Waals surface area contributed by atoms with Crippen LogP contribution in [0.1, 0.15) is 18.4 Å². The first-order valence-corrected chi connectivity index (χ1v) is 9.24. The molecule has 6 heteroatoms. The van der Waals surface area contributed by atoms with Crippen molar-refractivity contribution >= 4 is 17.1 Å². The molecule has 132 valence electrons. The molecule has 6 nitrogen and oxygen atoms in total. The van der Waals surface area contributed by atoms with E-state index in [0.29, 0.717) is 24.3 Å². The van der Waals surface area contributed by atoms with Gasteiger partial charge in [-0.15, -0.1) is 0 Å². The van der Waals surface area contributed by atoms with Gasteiger partial charge in [0.05, 0.1) is 12.1 Å². The van der Waals surface area contributed by atoms with Gasteiger partial charge in [-0.2, -0.15) is 0 Å². The molecule has 1 aliphatic heterocycles. The number of amides is 2. The lowest BCUT2D eigenvalue weighted by Gasteiger charge is -2.31. The van der Waals surface area contributed by atoms with Crippen LogP contribution in [0, 0.1) is 17.8 Å². The van der Waals surface area contributed by atoms with Crippen LogP contribution in [0.5, 0.6) is 0 Å². The number of pyridine rings is 1. The van der Waals surface area contributed by atoms with Gasteiger partial charge in [-0.05, 0) is 54.7 Å². The quantitative estimate of drug-likeness (QED) is 0.896. The van der Waals surface area contributed by atoms with Gasteiger partial charge >= 0.3 is 6.03 Å². The summed E-state index contributed by atoms with van der Waals surface area (Å²) in [6, 6.07) is 4.36. The van der Waals surface area contributed by atoms with E-state index < -0.39 is 0 Å². The molecule has 0 aromatic carbocycles. The minimum Gasteiger partial charge on any atom is -0.379 e. The van der Waals surface area contributed by atoms with E-state index >= 15 is 0 Å². The van der Waals surface area contributed by atoms with Crippen molar-refractivity contribution in [2.45, 2.75) is 31.4 Å². The number of fused-ring (bicyclic) bond motifs is 2. The second kappa shape index (κ2) is 5.73. The van der Waals surface area contributed by atoms with Gasteiger partial charge in [-0.25, -0.2) is 9.78 Å². The molecule has 2 aromatic rings. The Bertz CT molecular complexity index is 802. The van der Waals surface area contributed by atoms with Crippen LogP contribution in [0.2, 0.25) is 0 Å². The predicted molar refractivity (Wildman–Crippen MR) is 94.2 cm³/mol. The van der Waals surface area contributed by atoms with Crippen LogP contribution >= 0.6 is 0 Å². The molecule has 3 aliphatic rings. The van der Waals surface area contributed by atoms with E-state index in [-0.39, 0.29) is 18.2 Å². The Morgan fingerprint density at radius 3 is 3.24 bits per heavy atom. The highest BCUT2D eigenvalue weighted by Crippen LogP contribution is 2.55. The molecule has 0 spiro atoms. The Morgan fingerprint density at radius 2 is 2.36 bits per heavy atom. The summed E-state index contributed by atoms with van der Waals surface area (Å²) in [4.78, 5) is 22.3. The lowest BCUT2D eigenvalue weighted by atomic mass is 9.88. The van der Waals surface area contributed by atoms with Gasteiger partial charge in [0.25, 0.3) is 0 Å². The average molecular weight is 340 g/mol. The van der Waals surface area contributed by atoms with E-state index in [0.717, 1.165) is 24.0 Å². The van der Waals surface area contributed by atoms with Crippen molar-refractivity contribution in [2.75, 3.05) is 20.2 Å². The number of hydrogen-bond donors (Lipinski definition) is 2. The summed E-state index contributed by atoms with van der Waals surface area (Å²) in [7, 11) is 1.79. The Morgan fingerprint density at radius 1 is 1.44 bits per heavy atom. The first kappa shape index (κ1) is 15.2. The minimum absolute atomic E-state index is 0.0695. The SMILES string of the molecule is COC1C2CC3CN(C(=O)NCCc4c[nH]c5ncccc45)C1C3C2. The molecule has 3 fully saturated rings. The summed E-state index contributed by atoms with van der Waals surface area (Å²) < 4.78 is 5.73. The minimum atomic E-state index is 0.0695. The smallest absolute Gasteiger partial charge is 0.317 e. The Labute approximate surface area is 146 Å². The van der Waals surface area contributed by atoms with E-state index in [4.69, 9.17) is 4.74 Å². The number of ether oxygens (including phenoxy) is 1. The van der Waals surface area contributed by atoms with Gasteiger partial charge < -0.3 is 19.9 Å². The molecule has 5 unspecified atom stereocenters. The highest BCUT2D eigenvalue weighted by molar-refractivity contribution is 5.79. The van der Waals surface area contributed by atoms with Crippen LogP contribution < -0.4 is 5.32 Å². The van der Waals surface area contributed by atoms with Crippen molar-refractivity contribution in [1.82, 2.24) is 20.2 Å². The zero-order valence-corrected chi connectivity index (χ0v) is 14.4. The maximum Gasteiger partial charge on any atom is 0.317 e. The predicted octanol–water partition coefficient (Wildman–Crippen LogP) is 2.17. The number of likely N-dealkylation sites (tertiary alicyclic amines) is 1. The van der Waals surface area contributed by atoms with Gasteiger partial charge in [-0.1, -0.05) is 0 Å². The van der Waals surface area contributed by atoms with Crippen LogP contribution in [-0.2, 0) is 11.2 Å². The number of hydrogen-bond acceptors (Lipinski definition) is 3. The number of methoxy groups -OCH3 is 1. The number of nitrogens with one attached hydrogen (secondary N) is 2. The van der Waals surface area contributed by atoms with Crippen molar-refractivity contribution in [3.63, 3.8) is 0 Å². The molecule has 25 heavy (non-hydrogen) atoms. The summed E-state index contributed by atoms with van der Waals surface area (Å²) in [5.41, 5.74) is 2.10. The van der Waals surface area contributed by atoms with Gasteiger partial charge in [0.2, 0.25) is 0 Å². The van der Waals surface area contributed by atoms with Crippen LogP contribution in [-0.4, -0.2) is 53.2 Å². The van der Waals surface area contributed by atoms with E-state index in [2.05, 4.69) is 21.4 Å². The average Bonchev–Trinajstić information content (AvgIpc) is 3.34. The van der Waals surface area contributed by atoms with Crippen LogP contribution in [0.25, 0.3) is 11.0 Å². The number of nitrogens with zero attached hydrogens (tertiary/aromatic N) is 2. The number of carbonyl (C=O) groups is 1. The Balaban J connectivity index is 1.23. The molecule has 5 atom stereocenters. The number of carbonyl (C=O) groups excluding carboxylic acids is 1. The molecule has 2 N–H and O–H groups in total. The fraction of sp³-hybridized carbons (Fsp3) is 0.579. The highest BCUT2D eigenvalue weighted by Gasteiger charge is 2.60. The summed E-state index contributed by atoms with van der Waals surface area (Å²) in [6.45, 7) is 1.54. The van der Waals surface area contributed by atoms with E-state index in [1.54, 1.807) is 13.3 Å². The van der Waals surface area contributed by atoms with Crippen molar-refractivity contribution < 1.29 is 9.53 Å². The summed E-state index contributed by atoms with van der Waals surface area (Å²) in [6.07, 6.45) is 7.27. The van der Waals surface area contributed by atoms with Crippen molar-refractivity contribution in [2.24, 2.45) is 17.8 Å². The third-order valence-electron chi connectivity index (χ3n) is 6.56. The molecule has 5 rings (SSSR count). The normalized spacial score (nSPS) is 32.7. The largest absolute Gasteiger partial charge is 0.379 e. The first-order chi connectivity index (χ1) is 12.3. The molecule has 1 saturated heterocycles. The van der Waals surface area contributed by atoms with Crippen LogP contribution in [0.4, 0.5) is 4.79 Å². The van der Waals surface area contributed by atoms with E-state index in [1.807, 2.05) is 17.2 Å². The van der Waals surface area contributed by atoms with Crippen molar-refractivity contribution in [3.05, 3.63) is 30.1 Å². The first-order valence-electron chi connectivity index (χ1n) is 9.24. The zero-order chi connectivity index (χ0) is 17.0. The number of rotatable bonds is 4. The maximum absolute atomic E-state index is 12.7. The number of aromatic amines is 1. The van der Waals surface area contributed by atoms with E-state index in [1.165, 1.54) is 18.4 Å². The van der Waals surface area contributed by atoms with Gasteiger partial charge in [0.1, 0.15) is 5.65 Å². The number of aromatic nitrogens is 2. The molecular formula is C19H24N4O2. The lowest BCUT2D eigenvalue weighted by Crippen LogP contribution is -2.48. The lowest BCUT2D eigenvalue weighted by molar-refractivity contribution is 0.0190. The second-order valence-corrected chi connectivity index (χ2v) is 7.69. The van der Waals surface area contributed by atoms with Crippen molar-refractivity contribution in [1.29, 1.82) is 0 Å². The molecule has 0 radical (unpaired) electrons. The standard InChI is InChI=1S/C19H24N4O2/c1-25-17-12-7-13-10-23(16(17)15(13)8-12)19(24)21-6-4-11-9-22-18-14(11)3-2-5-20-18/h2-3,5,9,12-13,15-17H,4,6-8,10H2,1H3,(H,20,22)(H,21,24). The van der Waals surface area contributed by atoms with Gasteiger partial charge in [0.15, 0.2) is 0 Å². The number of H-pyrrole nitrogens is 1. The summed E-state index contributed by atoms with van der Waals surface area (Å²) in [5, 5.41) is 4.25. The molecule has 2 aromatic heterocycles. The van der Waals surface area contributed by atoms with Crippen molar-refractivity contribution in [3.8, 4) is 0 Å². The fourth-order valence-corrected chi connectivity index (χ4v) is 5.58. The molecular weight excluding hydrogens is 316 g/mol. The molecule has 2 aliphatic carbocycles. The Hall–Kier alpha value is -2.08. The number of urea groups is 1. The topological polar surface area (TPSA) is 70.2 Å².